The molecule has 0 aromatic heterocycles. The molecule has 0 radical (unpaired) electrons. The Morgan fingerprint density at radius 1 is 1.27 bits per heavy atom. The first-order chi connectivity index (χ1) is 4.65. The van der Waals surface area contributed by atoms with Crippen molar-refractivity contribution in [3.63, 3.8) is 0 Å². The second-order valence-electron chi connectivity index (χ2n) is 3.37. The first-order valence-electron chi connectivity index (χ1n) is 3.59. The normalized spacial score (nSPS) is 18.5. The summed E-state index contributed by atoms with van der Waals surface area (Å²) in [5.41, 5.74) is 4.59. The van der Waals surface area contributed by atoms with E-state index in [0.717, 1.165) is 6.92 Å². The zero-order valence-corrected chi connectivity index (χ0v) is 7.46. The Hall–Kier alpha value is -0.160. The maximum absolute atomic E-state index is 8.86. The third-order valence-electron chi connectivity index (χ3n) is 1.56. The highest BCUT2D eigenvalue weighted by molar-refractivity contribution is 4.71. The fourth-order valence-electron chi connectivity index (χ4n) is 0.534. The van der Waals surface area contributed by atoms with Gasteiger partial charge >= 0.3 is 0 Å². The second kappa shape index (κ2) is 3.06. The van der Waals surface area contributed by atoms with Crippen LogP contribution in [0.25, 0.3) is 0 Å². The molecule has 0 bridgehead atoms. The predicted octanol–water partition coefficient (Wildman–Crippen LogP) is -0.00780. The van der Waals surface area contributed by atoms with Crippen molar-refractivity contribution in [2.24, 2.45) is 11.7 Å². The lowest BCUT2D eigenvalue weighted by Gasteiger charge is -2.33. The summed E-state index contributed by atoms with van der Waals surface area (Å²) >= 11 is 0. The molecule has 1 atom stereocenters. The van der Waals surface area contributed by atoms with Crippen molar-refractivity contribution in [2.75, 3.05) is 0 Å². The molecule has 0 saturated heterocycles. The summed E-state index contributed by atoms with van der Waals surface area (Å²) in [6.45, 7) is 6.40. The van der Waals surface area contributed by atoms with Gasteiger partial charge in [-0.3, -0.25) is 0 Å². The van der Waals surface area contributed by atoms with Crippen LogP contribution in [0.1, 0.15) is 27.7 Å². The van der Waals surface area contributed by atoms with Crippen molar-refractivity contribution in [3.05, 3.63) is 0 Å². The van der Waals surface area contributed by atoms with Crippen LogP contribution in [0.2, 0.25) is 0 Å². The Balaban J connectivity index is 4.13. The van der Waals surface area contributed by atoms with Gasteiger partial charge in [0.05, 0.1) is 0 Å². The highest BCUT2D eigenvalue weighted by atomic mass is 16.8. The molecule has 0 spiro atoms. The molecule has 0 saturated carbocycles. The molecule has 0 amide bonds. The zero-order chi connectivity index (χ0) is 9.28. The molecule has 4 heteroatoms. The lowest BCUT2D eigenvalue weighted by atomic mass is 10.0. The molecule has 0 aliphatic rings. The molecular formula is C7H17NO3. The molecule has 4 N–H and O–H groups in total. The van der Waals surface area contributed by atoms with E-state index in [1.54, 1.807) is 6.92 Å². The van der Waals surface area contributed by atoms with Gasteiger partial charge in [-0.25, -0.2) is 0 Å². The van der Waals surface area contributed by atoms with Gasteiger partial charge in [-0.05, 0) is 12.8 Å². The van der Waals surface area contributed by atoms with E-state index in [9.17, 15) is 0 Å². The molecule has 0 fully saturated rings. The third kappa shape index (κ3) is 4.31. The van der Waals surface area contributed by atoms with Crippen LogP contribution in [0.4, 0.5) is 0 Å². The monoisotopic (exact) mass is 163 g/mol. The van der Waals surface area contributed by atoms with Crippen molar-refractivity contribution in [1.82, 2.24) is 0 Å². The minimum Gasteiger partial charge on any atom is -0.344 e. The Morgan fingerprint density at radius 3 is 1.73 bits per heavy atom. The molecule has 0 aromatic carbocycles. The largest absolute Gasteiger partial charge is 0.344 e. The quantitative estimate of drug-likeness (QED) is 0.511. The van der Waals surface area contributed by atoms with Crippen LogP contribution < -0.4 is 5.73 Å². The van der Waals surface area contributed by atoms with E-state index in [2.05, 4.69) is 0 Å². The highest BCUT2D eigenvalue weighted by Crippen LogP contribution is 2.19. The zero-order valence-electron chi connectivity index (χ0n) is 7.46. The van der Waals surface area contributed by atoms with Gasteiger partial charge in [0.2, 0.25) is 0 Å². The summed E-state index contributed by atoms with van der Waals surface area (Å²) in [7, 11) is 0. The van der Waals surface area contributed by atoms with Gasteiger partial charge in [0, 0.05) is 6.92 Å². The van der Waals surface area contributed by atoms with Crippen molar-refractivity contribution in [3.8, 4) is 0 Å². The van der Waals surface area contributed by atoms with Crippen molar-refractivity contribution < 1.29 is 14.9 Å². The first kappa shape index (κ1) is 10.8. The maximum Gasteiger partial charge on any atom is 0.276 e. The van der Waals surface area contributed by atoms with E-state index in [0.29, 0.717) is 0 Å². The standard InChI is InChI=1S/C7H17NO3/c1-5(2)6(3,8)11-7(4,9)10/h5,9-10H,8H2,1-4H3. The summed E-state index contributed by atoms with van der Waals surface area (Å²) in [6, 6.07) is 0. The molecule has 0 aromatic rings. The molecule has 68 valence electrons. The van der Waals surface area contributed by atoms with Crippen LogP contribution in [-0.4, -0.2) is 21.9 Å². The number of nitrogens with two attached hydrogens (primary N) is 1. The average Bonchev–Trinajstić information content (AvgIpc) is 1.56. The summed E-state index contributed by atoms with van der Waals surface area (Å²) < 4.78 is 4.78. The summed E-state index contributed by atoms with van der Waals surface area (Å²) in [5, 5.41) is 17.7. The summed E-state index contributed by atoms with van der Waals surface area (Å²) in [4.78, 5) is 0. The molecule has 11 heavy (non-hydrogen) atoms. The molecule has 0 aliphatic carbocycles. The van der Waals surface area contributed by atoms with Crippen LogP contribution in [0, 0.1) is 5.92 Å². The van der Waals surface area contributed by atoms with E-state index in [4.69, 9.17) is 20.7 Å². The molecule has 0 heterocycles. The number of rotatable bonds is 3. The second-order valence-corrected chi connectivity index (χ2v) is 3.37. The van der Waals surface area contributed by atoms with Gasteiger partial charge < -0.3 is 20.7 Å². The van der Waals surface area contributed by atoms with Crippen LogP contribution in [0.15, 0.2) is 0 Å². The van der Waals surface area contributed by atoms with Gasteiger partial charge in [-0.2, -0.15) is 0 Å². The number of ether oxygens (including phenoxy) is 1. The summed E-state index contributed by atoms with van der Waals surface area (Å²) in [6.07, 6.45) is 0. The van der Waals surface area contributed by atoms with E-state index >= 15 is 0 Å². The fourth-order valence-corrected chi connectivity index (χ4v) is 0.534. The number of hydrogen-bond acceptors (Lipinski definition) is 4. The average molecular weight is 163 g/mol. The molecule has 0 rings (SSSR count). The highest BCUT2D eigenvalue weighted by Gasteiger charge is 2.32. The SMILES string of the molecule is CC(C)C(C)(N)OC(C)(O)O. The van der Waals surface area contributed by atoms with E-state index in [1.165, 1.54) is 0 Å². The number of hydrogen-bond donors (Lipinski definition) is 3. The van der Waals surface area contributed by atoms with E-state index in [-0.39, 0.29) is 5.92 Å². The Morgan fingerprint density at radius 2 is 1.64 bits per heavy atom. The van der Waals surface area contributed by atoms with Gasteiger partial charge in [-0.1, -0.05) is 13.8 Å². The molecule has 0 aliphatic heterocycles. The third-order valence-corrected chi connectivity index (χ3v) is 1.56. The fraction of sp³-hybridized carbons (Fsp3) is 1.00. The molecular weight excluding hydrogens is 146 g/mol. The maximum atomic E-state index is 8.86. The van der Waals surface area contributed by atoms with Gasteiger partial charge in [0.25, 0.3) is 5.97 Å². The van der Waals surface area contributed by atoms with E-state index < -0.39 is 11.7 Å². The Bertz CT molecular complexity index is 126. The Labute approximate surface area is 67.0 Å². The molecule has 4 nitrogen and oxygen atoms in total. The van der Waals surface area contributed by atoms with Crippen molar-refractivity contribution in [1.29, 1.82) is 0 Å². The number of aliphatic hydroxyl groups is 2. The van der Waals surface area contributed by atoms with Crippen LogP contribution in [0.3, 0.4) is 0 Å². The molecule has 1 unspecified atom stereocenters. The summed E-state index contributed by atoms with van der Waals surface area (Å²) in [5.74, 6) is -2.14. The van der Waals surface area contributed by atoms with Gasteiger partial charge in [0.15, 0.2) is 0 Å². The minimum absolute atomic E-state index is 0.0149. The van der Waals surface area contributed by atoms with Crippen molar-refractivity contribution >= 4 is 0 Å². The lowest BCUT2D eigenvalue weighted by Crippen LogP contribution is -2.51. The Kier molecular flexibility index (Phi) is 3.02. The smallest absolute Gasteiger partial charge is 0.276 e. The predicted molar refractivity (Wildman–Crippen MR) is 41.4 cm³/mol. The van der Waals surface area contributed by atoms with Crippen molar-refractivity contribution in [2.45, 2.75) is 39.4 Å². The lowest BCUT2D eigenvalue weighted by molar-refractivity contribution is -0.368. The first-order valence-corrected chi connectivity index (χ1v) is 3.59. The van der Waals surface area contributed by atoms with Gasteiger partial charge in [0.1, 0.15) is 5.72 Å². The van der Waals surface area contributed by atoms with Crippen LogP contribution >= 0.6 is 0 Å². The topological polar surface area (TPSA) is 75.7 Å². The van der Waals surface area contributed by atoms with Crippen LogP contribution in [0.5, 0.6) is 0 Å². The van der Waals surface area contributed by atoms with E-state index in [1.807, 2.05) is 13.8 Å². The van der Waals surface area contributed by atoms with Crippen LogP contribution in [-0.2, 0) is 4.74 Å². The van der Waals surface area contributed by atoms with Gasteiger partial charge in [-0.15, -0.1) is 0 Å². The minimum atomic E-state index is -2.16.